The smallest absolute Gasteiger partial charge is 0.231 e. The maximum Gasteiger partial charge on any atom is 0.231 e. The van der Waals surface area contributed by atoms with Gasteiger partial charge in [-0.1, -0.05) is 29.3 Å². The van der Waals surface area contributed by atoms with E-state index in [1.165, 1.54) is 0 Å². The number of carbonyl (C=O) groups is 1. The maximum absolute atomic E-state index is 12.8. The number of halogens is 2. The second kappa shape index (κ2) is 8.92. The summed E-state index contributed by atoms with van der Waals surface area (Å²) >= 11 is 12.4. The van der Waals surface area contributed by atoms with E-state index >= 15 is 0 Å². The minimum Gasteiger partial charge on any atom is -0.497 e. The molecule has 0 N–H and O–H groups in total. The van der Waals surface area contributed by atoms with Crippen LogP contribution in [0.2, 0.25) is 10.0 Å². The lowest BCUT2D eigenvalue weighted by Crippen LogP contribution is -1.99. The molecule has 0 saturated heterocycles. The number of rotatable bonds is 6. The number of hydrogen-bond acceptors (Lipinski definition) is 5. The van der Waals surface area contributed by atoms with E-state index in [9.17, 15) is 4.79 Å². The van der Waals surface area contributed by atoms with Crippen molar-refractivity contribution in [2.45, 2.75) is 6.61 Å². The van der Waals surface area contributed by atoms with E-state index in [1.54, 1.807) is 74.9 Å². The van der Waals surface area contributed by atoms with Gasteiger partial charge in [0.2, 0.25) is 5.78 Å². The molecule has 0 saturated carbocycles. The molecule has 5 nitrogen and oxygen atoms in total. The van der Waals surface area contributed by atoms with Crippen LogP contribution in [-0.4, -0.2) is 20.0 Å². The van der Waals surface area contributed by atoms with E-state index in [0.717, 1.165) is 0 Å². The van der Waals surface area contributed by atoms with Gasteiger partial charge in [-0.3, -0.25) is 4.79 Å². The standard InChI is InChI=1S/C24H18Cl2O5/c1-28-15-7-9-21(29-2)14(10-15)11-23-24(27)17-8-6-16(12-22(17)31-23)30-13-18-19(25)4-3-5-20(18)26/h3-12H,13H2,1-2H3. The Morgan fingerprint density at radius 2 is 1.68 bits per heavy atom. The lowest BCUT2D eigenvalue weighted by Gasteiger charge is -2.10. The summed E-state index contributed by atoms with van der Waals surface area (Å²) in [6.07, 6.45) is 1.63. The molecule has 158 valence electrons. The van der Waals surface area contributed by atoms with Gasteiger partial charge in [0, 0.05) is 27.2 Å². The van der Waals surface area contributed by atoms with E-state index < -0.39 is 0 Å². The Morgan fingerprint density at radius 3 is 2.39 bits per heavy atom. The van der Waals surface area contributed by atoms with Gasteiger partial charge in [-0.15, -0.1) is 0 Å². The predicted octanol–water partition coefficient (Wildman–Crippen LogP) is 6.21. The van der Waals surface area contributed by atoms with Gasteiger partial charge in [-0.05, 0) is 48.5 Å². The van der Waals surface area contributed by atoms with Crippen molar-refractivity contribution in [1.29, 1.82) is 0 Å². The summed E-state index contributed by atoms with van der Waals surface area (Å²) in [6, 6.07) is 15.6. The minimum atomic E-state index is -0.222. The average molecular weight is 457 g/mol. The van der Waals surface area contributed by atoms with Crippen LogP contribution in [-0.2, 0) is 6.61 Å². The van der Waals surface area contributed by atoms with Gasteiger partial charge in [-0.2, -0.15) is 0 Å². The predicted molar refractivity (Wildman–Crippen MR) is 120 cm³/mol. The van der Waals surface area contributed by atoms with Crippen molar-refractivity contribution in [2.75, 3.05) is 14.2 Å². The molecule has 0 aromatic heterocycles. The number of allylic oxidation sites excluding steroid dienone is 1. The van der Waals surface area contributed by atoms with Gasteiger partial charge >= 0.3 is 0 Å². The van der Waals surface area contributed by atoms with Crippen LogP contribution < -0.4 is 18.9 Å². The summed E-state index contributed by atoms with van der Waals surface area (Å²) in [5.74, 6) is 2.16. The molecule has 0 unspecified atom stereocenters. The summed E-state index contributed by atoms with van der Waals surface area (Å²) < 4.78 is 22.3. The second-order valence-corrected chi connectivity index (χ2v) is 7.51. The molecule has 0 amide bonds. The van der Waals surface area contributed by atoms with Crippen molar-refractivity contribution in [3.8, 4) is 23.0 Å². The summed E-state index contributed by atoms with van der Waals surface area (Å²) in [6.45, 7) is 0.189. The van der Waals surface area contributed by atoms with E-state index in [1.807, 2.05) is 0 Å². The molecular weight excluding hydrogens is 439 g/mol. The Kier molecular flexibility index (Phi) is 6.07. The quantitative estimate of drug-likeness (QED) is 0.412. The third-order valence-electron chi connectivity index (χ3n) is 4.81. The van der Waals surface area contributed by atoms with Crippen molar-refractivity contribution in [3.63, 3.8) is 0 Å². The third-order valence-corrected chi connectivity index (χ3v) is 5.52. The molecule has 1 aliphatic heterocycles. The topological polar surface area (TPSA) is 54.0 Å². The first-order valence-electron chi connectivity index (χ1n) is 9.36. The molecule has 0 radical (unpaired) electrons. The molecule has 0 bridgehead atoms. The SMILES string of the molecule is COc1ccc(OC)c(C=C2Oc3cc(OCc4c(Cl)cccc4Cl)ccc3C2=O)c1. The summed E-state index contributed by atoms with van der Waals surface area (Å²) in [4.78, 5) is 12.8. The summed E-state index contributed by atoms with van der Waals surface area (Å²) in [5.41, 5.74) is 1.81. The number of hydrogen-bond donors (Lipinski definition) is 0. The fourth-order valence-corrected chi connectivity index (χ4v) is 3.68. The zero-order valence-electron chi connectivity index (χ0n) is 16.8. The minimum absolute atomic E-state index is 0.188. The molecule has 0 aliphatic carbocycles. The normalized spacial score (nSPS) is 13.7. The first-order chi connectivity index (χ1) is 15.0. The first-order valence-corrected chi connectivity index (χ1v) is 10.1. The van der Waals surface area contributed by atoms with Crippen LogP contribution in [0.4, 0.5) is 0 Å². The molecule has 1 heterocycles. The van der Waals surface area contributed by atoms with Crippen molar-refractivity contribution in [2.24, 2.45) is 0 Å². The Bertz CT molecular complexity index is 1170. The van der Waals surface area contributed by atoms with Crippen LogP contribution in [0.5, 0.6) is 23.0 Å². The molecule has 31 heavy (non-hydrogen) atoms. The number of fused-ring (bicyclic) bond motifs is 1. The van der Waals surface area contributed by atoms with Gasteiger partial charge in [0.25, 0.3) is 0 Å². The van der Waals surface area contributed by atoms with Crippen LogP contribution >= 0.6 is 23.2 Å². The molecule has 4 rings (SSSR count). The highest BCUT2D eigenvalue weighted by Gasteiger charge is 2.28. The second-order valence-electron chi connectivity index (χ2n) is 6.69. The van der Waals surface area contributed by atoms with Gasteiger partial charge in [-0.25, -0.2) is 0 Å². The highest BCUT2D eigenvalue weighted by molar-refractivity contribution is 6.35. The van der Waals surface area contributed by atoms with Crippen LogP contribution in [0.1, 0.15) is 21.5 Å². The Balaban J connectivity index is 1.57. The average Bonchev–Trinajstić information content (AvgIpc) is 3.08. The molecular formula is C24H18Cl2O5. The van der Waals surface area contributed by atoms with Crippen LogP contribution in [0.15, 0.2) is 60.4 Å². The molecule has 0 fully saturated rings. The molecule has 3 aromatic rings. The number of methoxy groups -OCH3 is 2. The molecule has 0 atom stereocenters. The van der Waals surface area contributed by atoms with Gasteiger partial charge in [0.1, 0.15) is 29.6 Å². The highest BCUT2D eigenvalue weighted by atomic mass is 35.5. The zero-order chi connectivity index (χ0) is 22.0. The molecule has 3 aromatic carbocycles. The Hall–Kier alpha value is -3.15. The van der Waals surface area contributed by atoms with Crippen molar-refractivity contribution in [1.82, 2.24) is 0 Å². The van der Waals surface area contributed by atoms with Crippen LogP contribution in [0.25, 0.3) is 6.08 Å². The lowest BCUT2D eigenvalue weighted by atomic mass is 10.1. The molecule has 7 heteroatoms. The van der Waals surface area contributed by atoms with E-state index in [-0.39, 0.29) is 18.1 Å². The Morgan fingerprint density at radius 1 is 0.935 bits per heavy atom. The monoisotopic (exact) mass is 456 g/mol. The lowest BCUT2D eigenvalue weighted by molar-refractivity contribution is 0.101. The van der Waals surface area contributed by atoms with Crippen molar-refractivity contribution >= 4 is 35.1 Å². The van der Waals surface area contributed by atoms with E-state index in [4.69, 9.17) is 42.1 Å². The van der Waals surface area contributed by atoms with E-state index in [2.05, 4.69) is 0 Å². The summed E-state index contributed by atoms with van der Waals surface area (Å²) in [5, 5.41) is 1.05. The van der Waals surface area contributed by atoms with Gasteiger partial charge < -0.3 is 18.9 Å². The largest absolute Gasteiger partial charge is 0.497 e. The molecule has 0 spiro atoms. The zero-order valence-corrected chi connectivity index (χ0v) is 18.3. The van der Waals surface area contributed by atoms with Crippen molar-refractivity contribution < 1.29 is 23.7 Å². The van der Waals surface area contributed by atoms with Crippen LogP contribution in [0, 0.1) is 0 Å². The third kappa shape index (κ3) is 4.33. The fourth-order valence-electron chi connectivity index (χ4n) is 3.18. The fraction of sp³-hybridized carbons (Fsp3) is 0.125. The number of ketones is 1. The van der Waals surface area contributed by atoms with E-state index in [0.29, 0.717) is 49.7 Å². The highest BCUT2D eigenvalue weighted by Crippen LogP contribution is 2.37. The number of Topliss-reactive ketones (excluding diaryl/α,β-unsaturated/α-hetero) is 1. The Labute approximate surface area is 189 Å². The summed E-state index contributed by atoms with van der Waals surface area (Å²) in [7, 11) is 3.13. The first kappa shape index (κ1) is 21.1. The van der Waals surface area contributed by atoms with Crippen molar-refractivity contribution in [3.05, 3.63) is 87.1 Å². The molecule has 1 aliphatic rings. The maximum atomic E-state index is 12.8. The van der Waals surface area contributed by atoms with Gasteiger partial charge in [0.15, 0.2) is 5.76 Å². The number of benzene rings is 3. The number of carbonyl (C=O) groups excluding carboxylic acids is 1. The van der Waals surface area contributed by atoms with Crippen LogP contribution in [0.3, 0.4) is 0 Å². The number of ether oxygens (including phenoxy) is 4. The van der Waals surface area contributed by atoms with Gasteiger partial charge in [0.05, 0.1) is 19.8 Å².